The van der Waals surface area contributed by atoms with Crippen molar-refractivity contribution in [3.63, 3.8) is 0 Å². The molecule has 0 aromatic heterocycles. The van der Waals surface area contributed by atoms with Gasteiger partial charge in [-0.2, -0.15) is 0 Å². The lowest BCUT2D eigenvalue weighted by Crippen LogP contribution is -2.49. The molecule has 0 radical (unpaired) electrons. The van der Waals surface area contributed by atoms with Crippen LogP contribution in [0.4, 0.5) is 5.69 Å². The van der Waals surface area contributed by atoms with Gasteiger partial charge in [-0.25, -0.2) is 0 Å². The smallest absolute Gasteiger partial charge is 0.227 e. The molecule has 0 atom stereocenters. The van der Waals surface area contributed by atoms with Crippen LogP contribution in [0, 0.1) is 0 Å². The van der Waals surface area contributed by atoms with Gasteiger partial charge in [0.25, 0.3) is 0 Å². The minimum absolute atomic E-state index is 0.150. The Morgan fingerprint density at radius 1 is 0.852 bits per heavy atom. The van der Waals surface area contributed by atoms with Gasteiger partial charge in [0.05, 0.1) is 33.4 Å². The van der Waals surface area contributed by atoms with Crippen LogP contribution in [0.5, 0.6) is 17.2 Å². The zero-order valence-electron chi connectivity index (χ0n) is 16.1. The van der Waals surface area contributed by atoms with E-state index in [9.17, 15) is 4.79 Å². The molecule has 6 heteroatoms. The molecule has 2 aromatic carbocycles. The first-order chi connectivity index (χ1) is 13.1. The molecule has 2 aromatic rings. The van der Waals surface area contributed by atoms with E-state index in [0.717, 1.165) is 41.6 Å². The summed E-state index contributed by atoms with van der Waals surface area (Å²) in [6.07, 6.45) is 0.409. The summed E-state index contributed by atoms with van der Waals surface area (Å²) in [5.74, 6) is 2.56. The number of nitrogens with zero attached hydrogens (tertiary/aromatic N) is 2. The van der Waals surface area contributed by atoms with E-state index in [2.05, 4.69) is 4.90 Å². The Morgan fingerprint density at radius 2 is 1.48 bits per heavy atom. The normalized spacial score (nSPS) is 14.0. The van der Waals surface area contributed by atoms with E-state index in [1.54, 1.807) is 21.3 Å². The summed E-state index contributed by atoms with van der Waals surface area (Å²) in [7, 11) is 4.96. The highest BCUT2D eigenvalue weighted by atomic mass is 16.5. The highest BCUT2D eigenvalue weighted by Crippen LogP contribution is 2.32. The number of amides is 1. The Labute approximate surface area is 160 Å². The lowest BCUT2D eigenvalue weighted by molar-refractivity contribution is -0.130. The van der Waals surface area contributed by atoms with Gasteiger partial charge in [0.2, 0.25) is 5.91 Å². The molecule has 1 amide bonds. The van der Waals surface area contributed by atoms with Crippen molar-refractivity contribution in [1.29, 1.82) is 0 Å². The molecule has 0 unspecified atom stereocenters. The van der Waals surface area contributed by atoms with Gasteiger partial charge in [0.1, 0.15) is 17.2 Å². The van der Waals surface area contributed by atoms with E-state index >= 15 is 0 Å². The number of methoxy groups -OCH3 is 3. The van der Waals surface area contributed by atoms with Crippen molar-refractivity contribution in [1.82, 2.24) is 4.90 Å². The second-order valence-electron chi connectivity index (χ2n) is 6.43. The maximum Gasteiger partial charge on any atom is 0.227 e. The van der Waals surface area contributed by atoms with Crippen molar-refractivity contribution in [3.05, 3.63) is 48.0 Å². The van der Waals surface area contributed by atoms with Gasteiger partial charge in [-0.3, -0.25) is 4.79 Å². The van der Waals surface area contributed by atoms with Crippen LogP contribution in [0.1, 0.15) is 5.56 Å². The van der Waals surface area contributed by atoms with Crippen LogP contribution in [-0.4, -0.2) is 58.3 Å². The second kappa shape index (κ2) is 8.66. The summed E-state index contributed by atoms with van der Waals surface area (Å²) in [5.41, 5.74) is 2.00. The predicted molar refractivity (Wildman–Crippen MR) is 105 cm³/mol. The van der Waals surface area contributed by atoms with Crippen molar-refractivity contribution < 1.29 is 19.0 Å². The molecule has 1 aliphatic rings. The Kier molecular flexibility index (Phi) is 6.06. The van der Waals surface area contributed by atoms with Crippen LogP contribution in [0.25, 0.3) is 0 Å². The molecule has 144 valence electrons. The van der Waals surface area contributed by atoms with Crippen molar-refractivity contribution in [2.45, 2.75) is 6.42 Å². The van der Waals surface area contributed by atoms with E-state index in [1.165, 1.54) is 0 Å². The maximum atomic E-state index is 12.6. The number of ether oxygens (including phenoxy) is 3. The summed E-state index contributed by atoms with van der Waals surface area (Å²) < 4.78 is 16.0. The minimum atomic E-state index is 0.150. The number of anilines is 1. The van der Waals surface area contributed by atoms with Crippen molar-refractivity contribution >= 4 is 11.6 Å². The van der Waals surface area contributed by atoms with Gasteiger partial charge >= 0.3 is 0 Å². The molecular formula is C21H26N2O4. The van der Waals surface area contributed by atoms with Gasteiger partial charge < -0.3 is 24.0 Å². The lowest BCUT2D eigenvalue weighted by Gasteiger charge is -2.36. The fourth-order valence-corrected chi connectivity index (χ4v) is 3.27. The number of rotatable bonds is 6. The Bertz CT molecular complexity index is 768. The monoisotopic (exact) mass is 370 g/mol. The first-order valence-corrected chi connectivity index (χ1v) is 9.02. The summed E-state index contributed by atoms with van der Waals surface area (Å²) in [6, 6.07) is 13.4. The number of hydrogen-bond donors (Lipinski definition) is 0. The van der Waals surface area contributed by atoms with E-state index in [-0.39, 0.29) is 5.91 Å². The fourth-order valence-electron chi connectivity index (χ4n) is 3.27. The average molecular weight is 370 g/mol. The Hall–Kier alpha value is -2.89. The predicted octanol–water partition coefficient (Wildman–Crippen LogP) is 2.60. The third kappa shape index (κ3) is 4.45. The molecule has 6 nitrogen and oxygen atoms in total. The minimum Gasteiger partial charge on any atom is -0.497 e. The van der Waals surface area contributed by atoms with E-state index < -0.39 is 0 Å². The summed E-state index contributed by atoms with van der Waals surface area (Å²) in [4.78, 5) is 16.8. The van der Waals surface area contributed by atoms with Crippen LogP contribution in [0.2, 0.25) is 0 Å². The molecule has 0 bridgehead atoms. The molecule has 1 saturated heterocycles. The van der Waals surface area contributed by atoms with Crippen LogP contribution < -0.4 is 19.1 Å². The van der Waals surface area contributed by atoms with Gasteiger partial charge in [-0.1, -0.05) is 12.1 Å². The molecule has 1 aliphatic heterocycles. The topological polar surface area (TPSA) is 51.2 Å². The maximum absolute atomic E-state index is 12.6. The van der Waals surface area contributed by atoms with Crippen LogP contribution in [-0.2, 0) is 11.2 Å². The second-order valence-corrected chi connectivity index (χ2v) is 6.43. The van der Waals surface area contributed by atoms with Gasteiger partial charge in [-0.05, 0) is 29.8 Å². The van der Waals surface area contributed by atoms with E-state index in [4.69, 9.17) is 14.2 Å². The zero-order chi connectivity index (χ0) is 19.2. The first kappa shape index (κ1) is 18.9. The Balaban J connectivity index is 1.60. The first-order valence-electron chi connectivity index (χ1n) is 9.02. The number of carbonyl (C=O) groups excluding carboxylic acids is 1. The van der Waals surface area contributed by atoms with Gasteiger partial charge in [0.15, 0.2) is 0 Å². The van der Waals surface area contributed by atoms with Crippen molar-refractivity contribution in [3.8, 4) is 17.2 Å². The molecular weight excluding hydrogens is 344 g/mol. The standard InChI is InChI=1S/C21H26N2O4/c1-25-17-6-4-16(5-7-17)14-21(24)23-12-10-22(11-13-23)19-15-18(26-2)8-9-20(19)27-3/h4-9,15H,10-14H2,1-3H3. The molecule has 3 rings (SSSR count). The quantitative estimate of drug-likeness (QED) is 0.782. The third-order valence-electron chi connectivity index (χ3n) is 4.87. The molecule has 0 N–H and O–H groups in total. The molecule has 0 spiro atoms. The number of benzene rings is 2. The molecule has 0 saturated carbocycles. The lowest BCUT2D eigenvalue weighted by atomic mass is 10.1. The number of piperazine rings is 1. The summed E-state index contributed by atoms with van der Waals surface area (Å²) >= 11 is 0. The highest BCUT2D eigenvalue weighted by Gasteiger charge is 2.23. The molecule has 0 aliphatic carbocycles. The number of hydrogen-bond acceptors (Lipinski definition) is 5. The van der Waals surface area contributed by atoms with Crippen molar-refractivity contribution in [2.24, 2.45) is 0 Å². The molecule has 1 heterocycles. The molecule has 27 heavy (non-hydrogen) atoms. The highest BCUT2D eigenvalue weighted by molar-refractivity contribution is 5.79. The van der Waals surface area contributed by atoms with Crippen LogP contribution >= 0.6 is 0 Å². The largest absolute Gasteiger partial charge is 0.497 e. The van der Waals surface area contributed by atoms with E-state index in [0.29, 0.717) is 19.5 Å². The number of carbonyl (C=O) groups is 1. The fraction of sp³-hybridized carbons (Fsp3) is 0.381. The third-order valence-corrected chi connectivity index (χ3v) is 4.87. The van der Waals surface area contributed by atoms with Gasteiger partial charge in [-0.15, -0.1) is 0 Å². The van der Waals surface area contributed by atoms with Crippen molar-refractivity contribution in [2.75, 3.05) is 52.4 Å². The van der Waals surface area contributed by atoms with E-state index in [1.807, 2.05) is 47.4 Å². The Morgan fingerprint density at radius 3 is 2.07 bits per heavy atom. The summed E-state index contributed by atoms with van der Waals surface area (Å²) in [6.45, 7) is 2.90. The van der Waals surface area contributed by atoms with Crippen LogP contribution in [0.3, 0.4) is 0 Å². The average Bonchev–Trinajstić information content (AvgIpc) is 2.73. The zero-order valence-corrected chi connectivity index (χ0v) is 16.1. The summed E-state index contributed by atoms with van der Waals surface area (Å²) in [5, 5.41) is 0. The SMILES string of the molecule is COc1ccc(CC(=O)N2CCN(c3cc(OC)ccc3OC)CC2)cc1. The molecule has 1 fully saturated rings. The van der Waals surface area contributed by atoms with Crippen LogP contribution in [0.15, 0.2) is 42.5 Å². The van der Waals surface area contributed by atoms with Gasteiger partial charge in [0, 0.05) is 32.2 Å².